The van der Waals surface area contributed by atoms with E-state index in [-0.39, 0.29) is 17.6 Å². The Morgan fingerprint density at radius 3 is 2.28 bits per heavy atom. The van der Waals surface area contributed by atoms with Crippen LogP contribution in [-0.4, -0.2) is 31.4 Å². The zero-order chi connectivity index (χ0) is 18.8. The van der Waals surface area contributed by atoms with Gasteiger partial charge in [0.25, 0.3) is 0 Å². The van der Waals surface area contributed by atoms with Gasteiger partial charge < -0.3 is 4.74 Å². The molecular weight excluding hydrogens is 334 g/mol. The molecule has 0 spiro atoms. The van der Waals surface area contributed by atoms with Crippen molar-refractivity contribution in [2.75, 3.05) is 6.54 Å². The van der Waals surface area contributed by atoms with Crippen molar-refractivity contribution in [3.8, 4) is 5.75 Å². The highest BCUT2D eigenvalue weighted by molar-refractivity contribution is 7.89. The summed E-state index contributed by atoms with van der Waals surface area (Å²) in [5.74, 6) is 1.24. The zero-order valence-corrected chi connectivity index (χ0v) is 17.3. The first kappa shape index (κ1) is 20.2. The van der Waals surface area contributed by atoms with Crippen molar-refractivity contribution in [3.63, 3.8) is 0 Å². The molecule has 2 rings (SSSR count). The Balaban J connectivity index is 2.26. The second-order valence-electron chi connectivity index (χ2n) is 8.41. The van der Waals surface area contributed by atoms with Crippen LogP contribution in [0.2, 0.25) is 0 Å². The topological polar surface area (TPSA) is 46.6 Å². The van der Waals surface area contributed by atoms with Gasteiger partial charge in [-0.2, -0.15) is 4.31 Å². The first-order chi connectivity index (χ1) is 11.5. The van der Waals surface area contributed by atoms with E-state index in [1.165, 1.54) is 0 Å². The highest BCUT2D eigenvalue weighted by Crippen LogP contribution is 2.41. The maximum Gasteiger partial charge on any atom is 0.243 e. The Bertz CT molecular complexity index is 665. The van der Waals surface area contributed by atoms with Crippen LogP contribution in [0.3, 0.4) is 0 Å². The predicted octanol–water partition coefficient (Wildman–Crippen LogP) is 4.70. The molecule has 0 radical (unpaired) electrons. The van der Waals surface area contributed by atoms with E-state index >= 15 is 0 Å². The Labute approximate surface area is 153 Å². The van der Waals surface area contributed by atoms with Gasteiger partial charge in [-0.15, -0.1) is 0 Å². The summed E-state index contributed by atoms with van der Waals surface area (Å²) in [6.45, 7) is 13.1. The lowest BCUT2D eigenvalue weighted by Gasteiger charge is -2.43. The Kier molecular flexibility index (Phi) is 6.21. The van der Waals surface area contributed by atoms with Crippen molar-refractivity contribution in [1.82, 2.24) is 4.31 Å². The number of benzene rings is 1. The van der Waals surface area contributed by atoms with Crippen LogP contribution in [0.4, 0.5) is 0 Å². The third-order valence-electron chi connectivity index (χ3n) is 4.88. The normalized spacial score (nSPS) is 23.8. The average Bonchev–Trinajstić information content (AvgIpc) is 2.45. The fraction of sp³-hybridized carbons (Fsp3) is 0.700. The molecule has 25 heavy (non-hydrogen) atoms. The molecule has 0 aliphatic heterocycles. The van der Waals surface area contributed by atoms with Gasteiger partial charge in [-0.1, -0.05) is 27.7 Å². The van der Waals surface area contributed by atoms with Crippen molar-refractivity contribution in [1.29, 1.82) is 0 Å². The van der Waals surface area contributed by atoms with Gasteiger partial charge in [0.15, 0.2) is 0 Å². The molecule has 2 unspecified atom stereocenters. The van der Waals surface area contributed by atoms with E-state index in [0.29, 0.717) is 23.1 Å². The molecule has 1 aromatic rings. The largest absolute Gasteiger partial charge is 0.491 e. The SMILES string of the molecule is CCN(C1CC(C)CC(C)(C)C1)S(=O)(=O)c1ccc(OC(C)C)cc1. The lowest BCUT2D eigenvalue weighted by Crippen LogP contribution is -2.46. The Morgan fingerprint density at radius 2 is 1.80 bits per heavy atom. The number of sulfonamides is 1. The van der Waals surface area contributed by atoms with Crippen molar-refractivity contribution < 1.29 is 13.2 Å². The summed E-state index contributed by atoms with van der Waals surface area (Å²) in [5.41, 5.74) is 0.181. The molecule has 2 atom stereocenters. The molecule has 1 aliphatic rings. The molecule has 0 amide bonds. The van der Waals surface area contributed by atoms with Gasteiger partial charge in [-0.25, -0.2) is 8.42 Å². The lowest BCUT2D eigenvalue weighted by atomic mass is 9.70. The van der Waals surface area contributed by atoms with Gasteiger partial charge in [0.2, 0.25) is 10.0 Å². The highest BCUT2D eigenvalue weighted by atomic mass is 32.2. The summed E-state index contributed by atoms with van der Waals surface area (Å²) in [6.07, 6.45) is 3.08. The highest BCUT2D eigenvalue weighted by Gasteiger charge is 2.39. The molecule has 1 saturated carbocycles. The number of hydrogen-bond acceptors (Lipinski definition) is 3. The predicted molar refractivity (Wildman–Crippen MR) is 102 cm³/mol. The van der Waals surface area contributed by atoms with Crippen LogP contribution in [0, 0.1) is 11.3 Å². The van der Waals surface area contributed by atoms with E-state index in [0.717, 1.165) is 19.3 Å². The molecule has 0 aromatic heterocycles. The summed E-state index contributed by atoms with van der Waals surface area (Å²) in [5, 5.41) is 0. The summed E-state index contributed by atoms with van der Waals surface area (Å²) < 4.78 is 33.7. The smallest absolute Gasteiger partial charge is 0.243 e. The van der Waals surface area contributed by atoms with Gasteiger partial charge in [-0.05, 0) is 68.7 Å². The average molecular weight is 368 g/mol. The van der Waals surface area contributed by atoms with Crippen LogP contribution in [0.5, 0.6) is 5.75 Å². The van der Waals surface area contributed by atoms with E-state index in [1.54, 1.807) is 28.6 Å². The molecule has 142 valence electrons. The minimum Gasteiger partial charge on any atom is -0.491 e. The monoisotopic (exact) mass is 367 g/mol. The number of ether oxygens (including phenoxy) is 1. The summed E-state index contributed by atoms with van der Waals surface area (Å²) >= 11 is 0. The maximum atomic E-state index is 13.2. The van der Waals surface area contributed by atoms with Crippen LogP contribution in [0.25, 0.3) is 0 Å². The fourth-order valence-electron chi connectivity index (χ4n) is 4.24. The molecule has 0 N–H and O–H groups in total. The first-order valence-electron chi connectivity index (χ1n) is 9.33. The Hall–Kier alpha value is -1.07. The van der Waals surface area contributed by atoms with Gasteiger partial charge >= 0.3 is 0 Å². The number of nitrogens with zero attached hydrogens (tertiary/aromatic N) is 1. The van der Waals surface area contributed by atoms with E-state index in [9.17, 15) is 8.42 Å². The number of rotatable bonds is 6. The van der Waals surface area contributed by atoms with Crippen LogP contribution in [-0.2, 0) is 10.0 Å². The van der Waals surface area contributed by atoms with E-state index in [4.69, 9.17) is 4.74 Å². The molecule has 1 aliphatic carbocycles. The summed E-state index contributed by atoms with van der Waals surface area (Å²) in [6, 6.07) is 6.88. The summed E-state index contributed by atoms with van der Waals surface area (Å²) in [4.78, 5) is 0.349. The third-order valence-corrected chi connectivity index (χ3v) is 6.93. The van der Waals surface area contributed by atoms with Crippen LogP contribution >= 0.6 is 0 Å². The molecule has 1 aromatic carbocycles. The molecule has 4 nitrogen and oxygen atoms in total. The first-order valence-corrected chi connectivity index (χ1v) is 10.8. The third kappa shape index (κ3) is 4.98. The van der Waals surface area contributed by atoms with Crippen molar-refractivity contribution in [3.05, 3.63) is 24.3 Å². The van der Waals surface area contributed by atoms with Crippen molar-refractivity contribution in [2.24, 2.45) is 11.3 Å². The second kappa shape index (κ2) is 7.67. The summed E-state index contributed by atoms with van der Waals surface area (Å²) in [7, 11) is -3.49. The van der Waals surface area contributed by atoms with E-state index in [1.807, 2.05) is 20.8 Å². The zero-order valence-electron chi connectivity index (χ0n) is 16.5. The van der Waals surface area contributed by atoms with Gasteiger partial charge in [0.05, 0.1) is 11.0 Å². The molecule has 0 heterocycles. The maximum absolute atomic E-state index is 13.2. The van der Waals surface area contributed by atoms with Crippen LogP contribution < -0.4 is 4.74 Å². The Morgan fingerprint density at radius 1 is 1.20 bits per heavy atom. The quantitative estimate of drug-likeness (QED) is 0.732. The van der Waals surface area contributed by atoms with E-state index < -0.39 is 10.0 Å². The van der Waals surface area contributed by atoms with Crippen LogP contribution in [0.1, 0.15) is 60.8 Å². The molecular formula is C20H33NO3S. The molecule has 5 heteroatoms. The molecule has 1 fully saturated rings. The lowest BCUT2D eigenvalue weighted by molar-refractivity contribution is 0.114. The van der Waals surface area contributed by atoms with Crippen molar-refractivity contribution >= 4 is 10.0 Å². The van der Waals surface area contributed by atoms with Crippen molar-refractivity contribution in [2.45, 2.75) is 77.8 Å². The van der Waals surface area contributed by atoms with Gasteiger partial charge in [0, 0.05) is 12.6 Å². The van der Waals surface area contributed by atoms with E-state index in [2.05, 4.69) is 20.8 Å². The van der Waals surface area contributed by atoms with Gasteiger partial charge in [-0.3, -0.25) is 0 Å². The fourth-order valence-corrected chi connectivity index (χ4v) is 5.88. The van der Waals surface area contributed by atoms with Crippen LogP contribution in [0.15, 0.2) is 29.2 Å². The second-order valence-corrected chi connectivity index (χ2v) is 10.3. The minimum absolute atomic E-state index is 0.0698. The minimum atomic E-state index is -3.49. The van der Waals surface area contributed by atoms with Gasteiger partial charge in [0.1, 0.15) is 5.75 Å². The standard InChI is InChI=1S/C20H33NO3S/c1-7-21(17-12-16(4)13-20(5,6)14-17)25(22,23)19-10-8-18(9-11-19)24-15(2)3/h8-11,15-17H,7,12-14H2,1-6H3. The number of hydrogen-bond donors (Lipinski definition) is 0. The molecule has 0 saturated heterocycles. The molecule has 0 bridgehead atoms.